The van der Waals surface area contributed by atoms with Gasteiger partial charge in [0.05, 0.1) is 26.9 Å². The van der Waals surface area contributed by atoms with E-state index in [2.05, 4.69) is 10.5 Å². The Morgan fingerprint density at radius 2 is 1.63 bits per heavy atom. The maximum Gasteiger partial charge on any atom is 0.328 e. The lowest BCUT2D eigenvalue weighted by atomic mass is 9.93. The van der Waals surface area contributed by atoms with Crippen molar-refractivity contribution in [2.75, 3.05) is 41.7 Å². The van der Waals surface area contributed by atoms with E-state index in [1.807, 2.05) is 42.5 Å². The molecule has 1 heterocycles. The number of carbonyl (C=O) groups is 2. The van der Waals surface area contributed by atoms with Gasteiger partial charge >= 0.3 is 5.97 Å². The molecule has 1 N–H and O–H groups in total. The first-order valence-electron chi connectivity index (χ1n) is 11.4. The summed E-state index contributed by atoms with van der Waals surface area (Å²) in [5, 5.41) is 6.72. The Morgan fingerprint density at radius 3 is 2.17 bits per heavy atom. The van der Waals surface area contributed by atoms with Crippen molar-refractivity contribution in [3.05, 3.63) is 48.0 Å². The molecule has 1 amide bonds. The molecule has 9 nitrogen and oxygen atoms in total. The first kappa shape index (κ1) is 26.0. The zero-order chi connectivity index (χ0) is 25.2. The largest absolute Gasteiger partial charge is 0.496 e. The molecule has 1 aliphatic heterocycles. The molecule has 0 saturated carbocycles. The summed E-state index contributed by atoms with van der Waals surface area (Å²) in [5.41, 5.74) is 2.83. The molecule has 0 bridgehead atoms. The number of benzene rings is 2. The number of amides is 1. The van der Waals surface area contributed by atoms with Crippen LogP contribution in [0.3, 0.4) is 0 Å². The van der Waals surface area contributed by atoms with Crippen molar-refractivity contribution in [1.82, 2.24) is 5.32 Å². The van der Waals surface area contributed by atoms with Crippen molar-refractivity contribution < 1.29 is 33.4 Å². The van der Waals surface area contributed by atoms with Crippen LogP contribution in [-0.2, 0) is 30.3 Å². The Hall–Kier alpha value is -3.59. The van der Waals surface area contributed by atoms with E-state index < -0.39 is 17.9 Å². The quantitative estimate of drug-likeness (QED) is 0.314. The predicted octanol–water partition coefficient (Wildman–Crippen LogP) is 3.00. The summed E-state index contributed by atoms with van der Waals surface area (Å²) in [6.45, 7) is 1.09. The number of oxime groups is 1. The Bertz CT molecular complexity index is 1010. The fraction of sp³-hybridized carbons (Fsp3) is 0.423. The Morgan fingerprint density at radius 1 is 1.00 bits per heavy atom. The number of esters is 1. The van der Waals surface area contributed by atoms with Crippen molar-refractivity contribution in [2.45, 2.75) is 25.3 Å². The van der Waals surface area contributed by atoms with Crippen LogP contribution in [0.15, 0.2) is 47.6 Å². The van der Waals surface area contributed by atoms with Crippen LogP contribution in [-0.4, -0.2) is 65.3 Å². The number of methoxy groups -OCH3 is 3. The molecule has 1 fully saturated rings. The first-order valence-corrected chi connectivity index (χ1v) is 11.4. The van der Waals surface area contributed by atoms with E-state index in [-0.39, 0.29) is 18.1 Å². The summed E-state index contributed by atoms with van der Waals surface area (Å²) in [6.07, 6.45) is 1.56. The Labute approximate surface area is 205 Å². The van der Waals surface area contributed by atoms with Gasteiger partial charge in [0, 0.05) is 25.6 Å². The number of ether oxygens (including phenoxy) is 4. The molecule has 0 aliphatic carbocycles. The van der Waals surface area contributed by atoms with Crippen LogP contribution < -0.4 is 14.8 Å². The molecular weight excluding hydrogens is 452 g/mol. The molecule has 0 aromatic heterocycles. The number of nitrogens with one attached hydrogen (secondary N) is 1. The summed E-state index contributed by atoms with van der Waals surface area (Å²) in [5.74, 6) is 0.281. The van der Waals surface area contributed by atoms with E-state index in [0.29, 0.717) is 37.6 Å². The minimum atomic E-state index is -0.888. The highest BCUT2D eigenvalue weighted by Gasteiger charge is 2.30. The molecule has 1 atom stereocenters. The van der Waals surface area contributed by atoms with E-state index >= 15 is 0 Å². The number of carbonyl (C=O) groups excluding carboxylic acids is 2. The second-order valence-electron chi connectivity index (χ2n) is 8.03. The molecule has 0 spiro atoms. The minimum Gasteiger partial charge on any atom is -0.496 e. The van der Waals surface area contributed by atoms with Crippen molar-refractivity contribution in [1.29, 1.82) is 0 Å². The van der Waals surface area contributed by atoms with Crippen LogP contribution in [0.2, 0.25) is 0 Å². The van der Waals surface area contributed by atoms with E-state index in [4.69, 9.17) is 23.8 Å². The van der Waals surface area contributed by atoms with Gasteiger partial charge in [-0.2, -0.15) is 0 Å². The lowest BCUT2D eigenvalue weighted by Gasteiger charge is -2.24. The Balaban J connectivity index is 1.79. The van der Waals surface area contributed by atoms with E-state index in [0.717, 1.165) is 16.7 Å². The number of hydrogen-bond acceptors (Lipinski definition) is 8. The van der Waals surface area contributed by atoms with Crippen LogP contribution in [0, 0.1) is 5.92 Å². The van der Waals surface area contributed by atoms with Gasteiger partial charge in [0.2, 0.25) is 0 Å². The predicted molar refractivity (Wildman–Crippen MR) is 131 cm³/mol. The molecule has 3 rings (SSSR count). The van der Waals surface area contributed by atoms with Gasteiger partial charge in [0.1, 0.15) is 30.4 Å². The number of rotatable bonds is 10. The first-order chi connectivity index (χ1) is 17.0. The van der Waals surface area contributed by atoms with Gasteiger partial charge in [0.25, 0.3) is 5.91 Å². The molecule has 0 radical (unpaired) electrons. The fourth-order valence-electron chi connectivity index (χ4n) is 4.12. The highest BCUT2D eigenvalue weighted by molar-refractivity contribution is 6.39. The lowest BCUT2D eigenvalue weighted by Crippen LogP contribution is -2.47. The van der Waals surface area contributed by atoms with E-state index in [1.165, 1.54) is 14.2 Å². The molecule has 9 heteroatoms. The lowest BCUT2D eigenvalue weighted by molar-refractivity contribution is -0.144. The standard InChI is InChI=1S/C26H32N2O7/c1-31-21-6-5-7-22(32-2)23(21)18-10-8-17(9-11-18)16-20(26(30)33-3)27-25(29)24(28-34-4)19-12-14-35-15-13-19/h5-11,19-20H,12-16H2,1-4H3,(H,27,29)/t20-/m0/s1. The second kappa shape index (κ2) is 12.8. The van der Waals surface area contributed by atoms with Crippen LogP contribution in [0.5, 0.6) is 11.5 Å². The molecule has 2 aromatic rings. The third-order valence-electron chi connectivity index (χ3n) is 5.93. The fourth-order valence-corrected chi connectivity index (χ4v) is 4.12. The van der Waals surface area contributed by atoms with Crippen LogP contribution >= 0.6 is 0 Å². The summed E-state index contributed by atoms with van der Waals surface area (Å²) in [4.78, 5) is 30.4. The number of nitrogens with zero attached hydrogens (tertiary/aromatic N) is 1. The van der Waals surface area contributed by atoms with Gasteiger partial charge in [-0.05, 0) is 36.1 Å². The molecular formula is C26H32N2O7. The van der Waals surface area contributed by atoms with Crippen LogP contribution in [0.1, 0.15) is 18.4 Å². The third-order valence-corrected chi connectivity index (χ3v) is 5.93. The third kappa shape index (κ3) is 6.51. The topological polar surface area (TPSA) is 105 Å². The molecule has 188 valence electrons. The maximum atomic E-state index is 13.0. The van der Waals surface area contributed by atoms with Gasteiger partial charge in [-0.15, -0.1) is 0 Å². The molecule has 1 aliphatic rings. The molecule has 1 saturated heterocycles. The van der Waals surface area contributed by atoms with Crippen molar-refractivity contribution in [3.63, 3.8) is 0 Å². The summed E-state index contributed by atoms with van der Waals surface area (Å²) in [6, 6.07) is 12.3. The summed E-state index contributed by atoms with van der Waals surface area (Å²) in [7, 11) is 5.90. The Kier molecular flexibility index (Phi) is 9.48. The summed E-state index contributed by atoms with van der Waals surface area (Å²) >= 11 is 0. The average Bonchev–Trinajstić information content (AvgIpc) is 2.91. The minimum absolute atomic E-state index is 0.0999. The normalized spacial score (nSPS) is 15.1. The number of hydrogen-bond donors (Lipinski definition) is 1. The SMILES string of the molecule is CON=C(C(=O)N[C@@H](Cc1ccc(-c2c(OC)cccc2OC)cc1)C(=O)OC)C1CCOCC1. The van der Waals surface area contributed by atoms with Crippen LogP contribution in [0.4, 0.5) is 0 Å². The zero-order valence-corrected chi connectivity index (χ0v) is 20.5. The van der Waals surface area contributed by atoms with Gasteiger partial charge in [-0.1, -0.05) is 35.5 Å². The van der Waals surface area contributed by atoms with Gasteiger partial charge in [-0.25, -0.2) is 4.79 Å². The average molecular weight is 485 g/mol. The van der Waals surface area contributed by atoms with Gasteiger partial charge in [0.15, 0.2) is 0 Å². The maximum absolute atomic E-state index is 13.0. The van der Waals surface area contributed by atoms with Crippen LogP contribution in [0.25, 0.3) is 11.1 Å². The highest BCUT2D eigenvalue weighted by atomic mass is 16.6. The van der Waals surface area contributed by atoms with Crippen molar-refractivity contribution in [3.8, 4) is 22.6 Å². The molecule has 0 unspecified atom stereocenters. The zero-order valence-electron chi connectivity index (χ0n) is 20.5. The van der Waals surface area contributed by atoms with Crippen molar-refractivity contribution in [2.24, 2.45) is 11.1 Å². The molecule has 2 aromatic carbocycles. The smallest absolute Gasteiger partial charge is 0.328 e. The van der Waals surface area contributed by atoms with E-state index in [9.17, 15) is 9.59 Å². The van der Waals surface area contributed by atoms with Gasteiger partial charge in [-0.3, -0.25) is 4.79 Å². The molecule has 35 heavy (non-hydrogen) atoms. The van der Waals surface area contributed by atoms with Crippen molar-refractivity contribution >= 4 is 17.6 Å². The second-order valence-corrected chi connectivity index (χ2v) is 8.03. The van der Waals surface area contributed by atoms with Gasteiger partial charge < -0.3 is 29.1 Å². The van der Waals surface area contributed by atoms with E-state index in [1.54, 1.807) is 14.2 Å². The monoisotopic (exact) mass is 484 g/mol. The summed E-state index contributed by atoms with van der Waals surface area (Å²) < 4.78 is 21.3. The highest BCUT2D eigenvalue weighted by Crippen LogP contribution is 2.38.